The first-order valence-electron chi connectivity index (χ1n) is 2.03. The molecule has 2 nitrogen and oxygen atoms in total. The molecule has 0 radical (unpaired) electrons. The summed E-state index contributed by atoms with van der Waals surface area (Å²) in [5, 5.41) is 0.366. The van der Waals surface area contributed by atoms with Gasteiger partial charge in [0.15, 0.2) is 0 Å². The maximum Gasteiger partial charge on any atom is 0.305 e. The van der Waals surface area contributed by atoms with Gasteiger partial charge in [0.25, 0.3) is 0 Å². The lowest BCUT2D eigenvalue weighted by molar-refractivity contribution is -0.119. The molecule has 0 saturated carbocycles. The molecule has 0 aliphatic carbocycles. The van der Waals surface area contributed by atoms with Gasteiger partial charge < -0.3 is 4.18 Å². The van der Waals surface area contributed by atoms with E-state index >= 15 is 0 Å². The molecule has 3 heteroatoms. The quantitative estimate of drug-likeness (QED) is 0.413. The Bertz CT molecular complexity index is 53.7. The number of hydrogen-bond acceptors (Lipinski definition) is 3. The number of rotatable bonds is 3. The van der Waals surface area contributed by atoms with Crippen LogP contribution in [0.25, 0.3) is 0 Å². The van der Waals surface area contributed by atoms with E-state index in [9.17, 15) is 4.79 Å². The van der Waals surface area contributed by atoms with Crippen molar-refractivity contribution in [3.8, 4) is 0 Å². The molecule has 42 valence electrons. The zero-order valence-electron chi connectivity index (χ0n) is 4.38. The first-order valence-corrected chi connectivity index (χ1v) is 2.83. The molecule has 0 N–H and O–H groups in total. The van der Waals surface area contributed by atoms with Gasteiger partial charge in [-0.2, -0.15) is 0 Å². The van der Waals surface area contributed by atoms with E-state index in [-0.39, 0.29) is 0 Å². The molecule has 0 spiro atoms. The third-order valence-electron chi connectivity index (χ3n) is 0.287. The van der Waals surface area contributed by atoms with E-state index in [2.05, 4.69) is 4.18 Å². The van der Waals surface area contributed by atoms with Crippen molar-refractivity contribution in [1.82, 2.24) is 0 Å². The highest BCUT2D eigenvalue weighted by Crippen LogP contribution is 2.07. The van der Waals surface area contributed by atoms with Crippen molar-refractivity contribution < 1.29 is 8.98 Å². The molecule has 0 unspecified atom stereocenters. The first kappa shape index (κ1) is 6.82. The summed E-state index contributed by atoms with van der Waals surface area (Å²) in [6, 6.07) is 0. The topological polar surface area (TPSA) is 26.3 Å². The summed E-state index contributed by atoms with van der Waals surface area (Å²) in [7, 11) is 0. The lowest BCUT2D eigenvalue weighted by atomic mass is 10.6. The predicted octanol–water partition coefficient (Wildman–Crippen LogP) is 1.22. The zero-order valence-corrected chi connectivity index (χ0v) is 5.20. The van der Waals surface area contributed by atoms with E-state index in [1.807, 2.05) is 13.8 Å². The fraction of sp³-hybridized carbons (Fsp3) is 0.750. The molecular weight excluding hydrogens is 112 g/mol. The van der Waals surface area contributed by atoms with Crippen molar-refractivity contribution in [3.05, 3.63) is 0 Å². The van der Waals surface area contributed by atoms with E-state index in [1.165, 1.54) is 0 Å². The van der Waals surface area contributed by atoms with Crippen molar-refractivity contribution in [2.45, 2.75) is 19.1 Å². The van der Waals surface area contributed by atoms with Crippen molar-refractivity contribution in [1.29, 1.82) is 0 Å². The molecule has 0 atom stereocenters. The average Bonchev–Trinajstić information content (AvgIpc) is 1.61. The van der Waals surface area contributed by atoms with Crippen LogP contribution in [-0.2, 0) is 8.98 Å². The van der Waals surface area contributed by atoms with Crippen LogP contribution in [0.15, 0.2) is 0 Å². The number of carbonyl (C=O) groups is 1. The minimum absolute atomic E-state index is 0.366. The second-order valence-electron chi connectivity index (χ2n) is 1.34. The molecule has 0 aromatic rings. The lowest BCUT2D eigenvalue weighted by Gasteiger charge is -1.95. The summed E-state index contributed by atoms with van der Waals surface area (Å²) in [4.78, 5) is 9.47. The zero-order chi connectivity index (χ0) is 5.70. The van der Waals surface area contributed by atoms with Crippen LogP contribution in [0.2, 0.25) is 0 Å². The summed E-state index contributed by atoms with van der Waals surface area (Å²) < 4.78 is 4.33. The Kier molecular flexibility index (Phi) is 3.89. The van der Waals surface area contributed by atoms with Crippen molar-refractivity contribution in [3.63, 3.8) is 0 Å². The van der Waals surface area contributed by atoms with Crippen molar-refractivity contribution in [2.75, 3.05) is 0 Å². The van der Waals surface area contributed by atoms with Gasteiger partial charge in [-0.1, -0.05) is 13.8 Å². The van der Waals surface area contributed by atoms with Gasteiger partial charge in [0.1, 0.15) is 0 Å². The molecule has 0 rings (SSSR count). The summed E-state index contributed by atoms with van der Waals surface area (Å²) in [6.45, 7) is 4.34. The standard InChI is InChI=1S/C4H8O2S/c1-4(2)7-6-3-5/h3-4H,1-2H3. The second-order valence-corrected chi connectivity index (χ2v) is 2.67. The molecule has 0 aliphatic rings. The van der Waals surface area contributed by atoms with Gasteiger partial charge >= 0.3 is 6.47 Å². The van der Waals surface area contributed by atoms with Gasteiger partial charge in [-0.25, -0.2) is 0 Å². The Hall–Kier alpha value is -0.180. The van der Waals surface area contributed by atoms with Crippen molar-refractivity contribution >= 4 is 18.5 Å². The smallest absolute Gasteiger partial charge is 0.305 e. The van der Waals surface area contributed by atoms with E-state index in [0.717, 1.165) is 12.0 Å². The van der Waals surface area contributed by atoms with Crippen LogP contribution in [0.3, 0.4) is 0 Å². The molecular formula is C4H8O2S. The predicted molar refractivity (Wildman–Crippen MR) is 29.9 cm³/mol. The number of carbonyl (C=O) groups excluding carboxylic acids is 1. The lowest BCUT2D eigenvalue weighted by Crippen LogP contribution is -1.86. The summed E-state index contributed by atoms with van der Waals surface area (Å²) >= 11 is 1.16. The maximum absolute atomic E-state index is 9.47. The summed E-state index contributed by atoms with van der Waals surface area (Å²) in [5.41, 5.74) is 0. The first-order chi connectivity index (χ1) is 3.27. The summed E-state index contributed by atoms with van der Waals surface area (Å²) in [6.07, 6.45) is 0. The third kappa shape index (κ3) is 5.82. The fourth-order valence-electron chi connectivity index (χ4n) is 0.134. The van der Waals surface area contributed by atoms with E-state index < -0.39 is 0 Å². The van der Waals surface area contributed by atoms with Gasteiger partial charge in [-0.15, -0.1) is 0 Å². The van der Waals surface area contributed by atoms with E-state index in [0.29, 0.717) is 11.7 Å². The summed E-state index contributed by atoms with van der Waals surface area (Å²) in [5.74, 6) is 0. The minimum atomic E-state index is 0.366. The molecule has 0 aromatic carbocycles. The molecule has 0 aliphatic heterocycles. The Morgan fingerprint density at radius 1 is 1.71 bits per heavy atom. The Labute approximate surface area is 47.4 Å². The molecule has 7 heavy (non-hydrogen) atoms. The minimum Gasteiger partial charge on any atom is -0.393 e. The second kappa shape index (κ2) is 3.99. The van der Waals surface area contributed by atoms with Crippen LogP contribution in [-0.4, -0.2) is 11.7 Å². The third-order valence-corrected chi connectivity index (χ3v) is 0.862. The maximum atomic E-state index is 9.47. The molecule has 0 heterocycles. The largest absolute Gasteiger partial charge is 0.393 e. The van der Waals surface area contributed by atoms with Crippen molar-refractivity contribution in [2.24, 2.45) is 0 Å². The molecule has 0 fully saturated rings. The molecule has 0 amide bonds. The van der Waals surface area contributed by atoms with Crippen LogP contribution >= 0.6 is 12.0 Å². The number of hydrogen-bond donors (Lipinski definition) is 0. The van der Waals surface area contributed by atoms with Gasteiger partial charge in [0.2, 0.25) is 0 Å². The van der Waals surface area contributed by atoms with Crippen LogP contribution in [0, 0.1) is 0 Å². The Morgan fingerprint density at radius 2 is 2.29 bits per heavy atom. The van der Waals surface area contributed by atoms with Gasteiger partial charge in [0, 0.05) is 5.25 Å². The SMILES string of the molecule is CC(C)SOC=O. The average molecular weight is 120 g/mol. The molecule has 0 bridgehead atoms. The van der Waals surface area contributed by atoms with Crippen LogP contribution in [0.4, 0.5) is 0 Å². The van der Waals surface area contributed by atoms with Gasteiger partial charge in [-0.3, -0.25) is 4.79 Å². The Morgan fingerprint density at radius 3 is 2.43 bits per heavy atom. The normalized spacial score (nSPS) is 9.00. The highest BCUT2D eigenvalue weighted by molar-refractivity contribution is 7.95. The van der Waals surface area contributed by atoms with E-state index in [4.69, 9.17) is 0 Å². The Balaban J connectivity index is 2.81. The fourth-order valence-corrected chi connectivity index (χ4v) is 0.401. The van der Waals surface area contributed by atoms with Crippen LogP contribution in [0.5, 0.6) is 0 Å². The van der Waals surface area contributed by atoms with Gasteiger partial charge in [-0.05, 0) is 0 Å². The highest BCUT2D eigenvalue weighted by Gasteiger charge is 1.90. The highest BCUT2D eigenvalue weighted by atomic mass is 32.2. The molecule has 0 aromatic heterocycles. The van der Waals surface area contributed by atoms with Crippen LogP contribution in [0.1, 0.15) is 13.8 Å². The van der Waals surface area contributed by atoms with Crippen LogP contribution < -0.4 is 0 Å². The van der Waals surface area contributed by atoms with Gasteiger partial charge in [0.05, 0.1) is 12.0 Å². The monoisotopic (exact) mass is 120 g/mol. The van der Waals surface area contributed by atoms with E-state index in [1.54, 1.807) is 0 Å². The molecule has 0 saturated heterocycles.